The number of nitro benzene ring substituents is 1. The van der Waals surface area contributed by atoms with Crippen LogP contribution in [0.5, 0.6) is 5.75 Å². The number of nitrogens with zero attached hydrogens (tertiary/aromatic N) is 1. The predicted octanol–water partition coefficient (Wildman–Crippen LogP) is 3.21. The molecule has 1 aromatic carbocycles. The molecule has 0 saturated carbocycles. The lowest BCUT2D eigenvalue weighted by Crippen LogP contribution is -2.41. The van der Waals surface area contributed by atoms with Crippen molar-refractivity contribution in [1.29, 1.82) is 0 Å². The summed E-state index contributed by atoms with van der Waals surface area (Å²) in [7, 11) is 1.40. The first-order chi connectivity index (χ1) is 9.06. The fraction of sp³-hybridized carbons (Fsp3) is 0.400. The highest BCUT2D eigenvalue weighted by molar-refractivity contribution is 5.56. The molecule has 0 unspecified atom stereocenters. The van der Waals surface area contributed by atoms with Gasteiger partial charge in [0.1, 0.15) is 5.75 Å². The molecule has 1 N–H and O–H groups in total. The Balaban J connectivity index is 2.93. The van der Waals surface area contributed by atoms with Gasteiger partial charge in [0.05, 0.1) is 11.0 Å². The Morgan fingerprint density at radius 2 is 1.85 bits per heavy atom. The molecular formula is C10H9F5N2O3. The molecule has 1 rings (SSSR count). The highest BCUT2D eigenvalue weighted by Gasteiger charge is 2.58. The van der Waals surface area contributed by atoms with E-state index in [1.54, 1.807) is 0 Å². The van der Waals surface area contributed by atoms with E-state index in [1.165, 1.54) is 7.05 Å². The van der Waals surface area contributed by atoms with E-state index in [9.17, 15) is 32.1 Å². The van der Waals surface area contributed by atoms with Crippen molar-refractivity contribution in [2.45, 2.75) is 12.1 Å². The van der Waals surface area contributed by atoms with Crippen molar-refractivity contribution in [1.82, 2.24) is 0 Å². The van der Waals surface area contributed by atoms with E-state index < -0.39 is 35.1 Å². The molecule has 0 saturated heterocycles. The molecule has 0 heterocycles. The van der Waals surface area contributed by atoms with E-state index in [0.717, 1.165) is 18.2 Å². The second-order valence-electron chi connectivity index (χ2n) is 3.71. The standard InChI is InChI=1S/C10H9F5N2O3/c1-16-6-2-7(17(18)19)4-8(3-6)20-5-9(11,12)10(13,14)15/h2-4,16H,5H2,1H3. The molecule has 0 radical (unpaired) electrons. The van der Waals surface area contributed by atoms with Crippen LogP contribution < -0.4 is 10.1 Å². The Kier molecular flexibility index (Phi) is 4.36. The summed E-state index contributed by atoms with van der Waals surface area (Å²) in [4.78, 5) is 9.75. The molecule has 0 bridgehead atoms. The Morgan fingerprint density at radius 1 is 1.25 bits per heavy atom. The van der Waals surface area contributed by atoms with Crippen LogP contribution in [0.25, 0.3) is 0 Å². The predicted molar refractivity (Wildman–Crippen MR) is 59.1 cm³/mol. The smallest absolute Gasteiger partial charge is 0.456 e. The van der Waals surface area contributed by atoms with Gasteiger partial charge in [-0.3, -0.25) is 10.1 Å². The van der Waals surface area contributed by atoms with Gasteiger partial charge in [0, 0.05) is 24.9 Å². The molecular weight excluding hydrogens is 291 g/mol. The van der Waals surface area contributed by atoms with E-state index in [1.807, 2.05) is 0 Å². The third kappa shape index (κ3) is 3.68. The lowest BCUT2D eigenvalue weighted by atomic mass is 10.2. The van der Waals surface area contributed by atoms with Gasteiger partial charge in [-0.25, -0.2) is 0 Å². The van der Waals surface area contributed by atoms with Gasteiger partial charge >= 0.3 is 12.1 Å². The van der Waals surface area contributed by atoms with Crippen LogP contribution in [0.1, 0.15) is 0 Å². The molecule has 0 amide bonds. The molecule has 0 spiro atoms. The second kappa shape index (κ2) is 5.47. The van der Waals surface area contributed by atoms with Gasteiger partial charge in [-0.1, -0.05) is 0 Å². The van der Waals surface area contributed by atoms with Crippen molar-refractivity contribution in [3.63, 3.8) is 0 Å². The fourth-order valence-electron chi connectivity index (χ4n) is 1.17. The summed E-state index contributed by atoms with van der Waals surface area (Å²) in [5.41, 5.74) is -0.355. The minimum Gasteiger partial charge on any atom is -0.487 e. The average Bonchev–Trinajstić information content (AvgIpc) is 2.34. The molecule has 0 aromatic heterocycles. The zero-order chi connectivity index (χ0) is 15.6. The van der Waals surface area contributed by atoms with Gasteiger partial charge in [-0.2, -0.15) is 22.0 Å². The Labute approximate surface area is 109 Å². The number of alkyl halides is 5. The molecule has 0 atom stereocenters. The van der Waals surface area contributed by atoms with Gasteiger partial charge in [0.25, 0.3) is 5.69 Å². The highest BCUT2D eigenvalue weighted by Crippen LogP contribution is 2.36. The summed E-state index contributed by atoms with van der Waals surface area (Å²) in [6.45, 7) is -1.96. The first-order valence-corrected chi connectivity index (χ1v) is 5.11. The Morgan fingerprint density at radius 3 is 2.30 bits per heavy atom. The van der Waals surface area contributed by atoms with E-state index in [4.69, 9.17) is 0 Å². The summed E-state index contributed by atoms with van der Waals surface area (Å²) in [6, 6.07) is 2.90. The maximum absolute atomic E-state index is 12.7. The number of non-ortho nitro benzene ring substituents is 1. The summed E-state index contributed by atoms with van der Waals surface area (Å²) in [5, 5.41) is 13.1. The van der Waals surface area contributed by atoms with Crippen molar-refractivity contribution in [2.24, 2.45) is 0 Å². The molecule has 112 valence electrons. The van der Waals surface area contributed by atoms with Gasteiger partial charge < -0.3 is 10.1 Å². The summed E-state index contributed by atoms with van der Waals surface area (Å²) >= 11 is 0. The monoisotopic (exact) mass is 300 g/mol. The molecule has 10 heteroatoms. The number of nitrogens with one attached hydrogen (secondary N) is 1. The number of nitro groups is 1. The Hall–Kier alpha value is -2.13. The summed E-state index contributed by atoms with van der Waals surface area (Å²) in [6.07, 6.45) is -5.75. The van der Waals surface area contributed by atoms with Crippen molar-refractivity contribution in [3.8, 4) is 5.75 Å². The van der Waals surface area contributed by atoms with Crippen molar-refractivity contribution < 1.29 is 31.6 Å². The van der Waals surface area contributed by atoms with E-state index in [0.29, 0.717) is 0 Å². The number of anilines is 1. The second-order valence-corrected chi connectivity index (χ2v) is 3.71. The topological polar surface area (TPSA) is 64.4 Å². The number of rotatable bonds is 5. The van der Waals surface area contributed by atoms with Crippen molar-refractivity contribution in [3.05, 3.63) is 28.3 Å². The van der Waals surface area contributed by atoms with Crippen molar-refractivity contribution >= 4 is 11.4 Å². The third-order valence-electron chi connectivity index (χ3n) is 2.23. The SMILES string of the molecule is CNc1cc(OCC(F)(F)C(F)(F)F)cc([N+](=O)[O-])c1. The highest BCUT2D eigenvalue weighted by atomic mass is 19.4. The van der Waals surface area contributed by atoms with Crippen LogP contribution in [0.2, 0.25) is 0 Å². The number of hydrogen-bond donors (Lipinski definition) is 1. The van der Waals surface area contributed by atoms with Gasteiger partial charge in [0.2, 0.25) is 0 Å². The van der Waals surface area contributed by atoms with Crippen LogP contribution in [0, 0.1) is 10.1 Å². The lowest BCUT2D eigenvalue weighted by molar-refractivity contribution is -0.384. The maximum atomic E-state index is 12.7. The zero-order valence-corrected chi connectivity index (χ0v) is 10.0. The first-order valence-electron chi connectivity index (χ1n) is 5.11. The molecule has 0 aliphatic carbocycles. The van der Waals surface area contributed by atoms with E-state index >= 15 is 0 Å². The van der Waals surface area contributed by atoms with Crippen LogP contribution in [-0.2, 0) is 0 Å². The fourth-order valence-corrected chi connectivity index (χ4v) is 1.17. The first kappa shape index (κ1) is 15.9. The van der Waals surface area contributed by atoms with Gasteiger partial charge in [-0.05, 0) is 0 Å². The summed E-state index contributed by atoms with van der Waals surface area (Å²) < 4.78 is 65.4. The van der Waals surface area contributed by atoms with Crippen LogP contribution in [0.4, 0.5) is 33.3 Å². The average molecular weight is 300 g/mol. The molecule has 0 aliphatic heterocycles. The lowest BCUT2D eigenvalue weighted by Gasteiger charge is -2.19. The molecule has 1 aromatic rings. The zero-order valence-electron chi connectivity index (χ0n) is 10.0. The number of halogens is 5. The molecule has 0 aliphatic rings. The normalized spacial score (nSPS) is 12.1. The molecule has 5 nitrogen and oxygen atoms in total. The number of ether oxygens (including phenoxy) is 1. The van der Waals surface area contributed by atoms with E-state index in [2.05, 4.69) is 10.1 Å². The van der Waals surface area contributed by atoms with E-state index in [-0.39, 0.29) is 5.69 Å². The minimum atomic E-state index is -5.75. The molecule has 0 fully saturated rings. The van der Waals surface area contributed by atoms with Crippen LogP contribution in [0.15, 0.2) is 18.2 Å². The quantitative estimate of drug-likeness (QED) is 0.515. The summed E-state index contributed by atoms with van der Waals surface area (Å²) in [5.74, 6) is -5.51. The third-order valence-corrected chi connectivity index (χ3v) is 2.23. The van der Waals surface area contributed by atoms with Crippen LogP contribution in [-0.4, -0.2) is 30.7 Å². The van der Waals surface area contributed by atoms with Crippen molar-refractivity contribution in [2.75, 3.05) is 19.0 Å². The van der Waals surface area contributed by atoms with Gasteiger partial charge in [-0.15, -0.1) is 0 Å². The number of hydrogen-bond acceptors (Lipinski definition) is 4. The van der Waals surface area contributed by atoms with Crippen LogP contribution >= 0.6 is 0 Å². The number of benzene rings is 1. The van der Waals surface area contributed by atoms with Gasteiger partial charge in [0.15, 0.2) is 6.61 Å². The molecule has 20 heavy (non-hydrogen) atoms. The largest absolute Gasteiger partial charge is 0.487 e. The Bertz CT molecular complexity index is 504. The minimum absolute atomic E-state index is 0.143. The maximum Gasteiger partial charge on any atom is 0.456 e. The van der Waals surface area contributed by atoms with Crippen LogP contribution in [0.3, 0.4) is 0 Å².